The first-order chi connectivity index (χ1) is 15.2. The molecule has 0 aromatic carbocycles. The van der Waals surface area contributed by atoms with E-state index in [0.29, 0.717) is 17.3 Å². The van der Waals surface area contributed by atoms with E-state index in [4.69, 9.17) is 4.74 Å². The van der Waals surface area contributed by atoms with Crippen molar-refractivity contribution in [3.8, 4) is 0 Å². The monoisotopic (exact) mass is 444 g/mol. The molecule has 1 unspecified atom stereocenters. The molecule has 184 valence electrons. The molecular weight excluding hydrogens is 392 g/mol. The number of hydrogen-bond donors (Lipinski definition) is 0. The molecule has 0 spiro atoms. The third kappa shape index (κ3) is 4.43. The van der Waals surface area contributed by atoms with Crippen LogP contribution in [0.15, 0.2) is 0 Å². The van der Waals surface area contributed by atoms with Crippen molar-refractivity contribution < 1.29 is 9.53 Å². The fraction of sp³-hybridized carbons (Fsp3) is 0.967. The summed E-state index contributed by atoms with van der Waals surface area (Å²) in [5.41, 5.74) is 1.08. The van der Waals surface area contributed by atoms with Crippen molar-refractivity contribution in [1.82, 2.24) is 0 Å². The molecular formula is C30H52O2. The fourth-order valence-corrected chi connectivity index (χ4v) is 9.62. The van der Waals surface area contributed by atoms with Crippen LogP contribution in [0.25, 0.3) is 0 Å². The van der Waals surface area contributed by atoms with Gasteiger partial charge in [0.15, 0.2) is 0 Å². The van der Waals surface area contributed by atoms with Gasteiger partial charge >= 0.3 is 5.97 Å². The summed E-state index contributed by atoms with van der Waals surface area (Å²) in [7, 11) is 0. The van der Waals surface area contributed by atoms with Crippen molar-refractivity contribution in [2.45, 2.75) is 131 Å². The molecule has 0 saturated heterocycles. The molecule has 0 aliphatic heterocycles. The topological polar surface area (TPSA) is 26.3 Å². The molecule has 4 rings (SSSR count). The van der Waals surface area contributed by atoms with Crippen molar-refractivity contribution in [3.63, 3.8) is 0 Å². The van der Waals surface area contributed by atoms with Gasteiger partial charge in [0.1, 0.15) is 6.10 Å². The van der Waals surface area contributed by atoms with Gasteiger partial charge in [-0.25, -0.2) is 0 Å². The van der Waals surface area contributed by atoms with Crippen LogP contribution >= 0.6 is 0 Å². The maximum atomic E-state index is 11.9. The maximum absolute atomic E-state index is 11.9. The maximum Gasteiger partial charge on any atom is 0.305 e. The Kier molecular flexibility index (Phi) is 7.39. The highest BCUT2D eigenvalue weighted by Crippen LogP contribution is 2.68. The molecule has 0 N–H and O–H groups in total. The first-order valence-corrected chi connectivity index (χ1v) is 14.4. The van der Waals surface area contributed by atoms with Crippen molar-refractivity contribution in [2.24, 2.45) is 52.3 Å². The van der Waals surface area contributed by atoms with Gasteiger partial charge in [-0.2, -0.15) is 0 Å². The largest absolute Gasteiger partial charge is 0.462 e. The van der Waals surface area contributed by atoms with Gasteiger partial charge in [-0.15, -0.1) is 0 Å². The summed E-state index contributed by atoms with van der Waals surface area (Å²) in [6.07, 6.45) is 17.2. The predicted octanol–water partition coefficient (Wildman–Crippen LogP) is 8.43. The van der Waals surface area contributed by atoms with Crippen molar-refractivity contribution in [1.29, 1.82) is 0 Å². The van der Waals surface area contributed by atoms with Crippen LogP contribution in [0.4, 0.5) is 0 Å². The lowest BCUT2D eigenvalue weighted by atomic mass is 9.44. The van der Waals surface area contributed by atoms with Crippen LogP contribution in [-0.4, -0.2) is 12.1 Å². The molecule has 2 heteroatoms. The van der Waals surface area contributed by atoms with Gasteiger partial charge in [0.05, 0.1) is 0 Å². The first kappa shape index (κ1) is 24.6. The van der Waals surface area contributed by atoms with Crippen LogP contribution in [-0.2, 0) is 9.53 Å². The number of fused-ring (bicyclic) bond motifs is 5. The van der Waals surface area contributed by atoms with E-state index in [-0.39, 0.29) is 12.1 Å². The normalized spacial score (nSPS) is 44.5. The summed E-state index contributed by atoms with van der Waals surface area (Å²) in [4.78, 5) is 11.9. The Morgan fingerprint density at radius 3 is 2.34 bits per heavy atom. The van der Waals surface area contributed by atoms with Gasteiger partial charge < -0.3 is 4.74 Å². The Morgan fingerprint density at radius 2 is 1.62 bits per heavy atom. The van der Waals surface area contributed by atoms with Crippen molar-refractivity contribution in [2.75, 3.05) is 0 Å². The molecule has 2 nitrogen and oxygen atoms in total. The summed E-state index contributed by atoms with van der Waals surface area (Å²) in [5, 5.41) is 0. The zero-order chi connectivity index (χ0) is 23.1. The number of esters is 1. The van der Waals surface area contributed by atoms with E-state index < -0.39 is 0 Å². The summed E-state index contributed by atoms with van der Waals surface area (Å²) < 4.78 is 5.80. The minimum absolute atomic E-state index is 0.000216. The second-order valence-electron chi connectivity index (χ2n) is 13.4. The van der Waals surface area contributed by atoms with E-state index in [0.717, 1.165) is 54.3 Å². The number of carbonyl (C=O) groups excluding carboxylic acids is 1. The van der Waals surface area contributed by atoms with E-state index in [1.807, 2.05) is 6.92 Å². The second kappa shape index (κ2) is 9.61. The Labute approximate surface area is 199 Å². The number of rotatable bonds is 7. The minimum Gasteiger partial charge on any atom is -0.462 e. The lowest BCUT2D eigenvalue weighted by Gasteiger charge is -2.61. The molecule has 4 saturated carbocycles. The van der Waals surface area contributed by atoms with Crippen LogP contribution in [0.5, 0.6) is 0 Å². The SMILES string of the molecule is CCC(=O)O[C@H]1CC[C@@]2(C)C(CC[C@H]3[C@@H]4CC[C@H]([C@H](C)CCCC(C)C)[C@@]4(C)CC[C@@H]32)C1. The van der Waals surface area contributed by atoms with Gasteiger partial charge in [-0.05, 0) is 110 Å². The van der Waals surface area contributed by atoms with Crippen LogP contribution in [0.1, 0.15) is 125 Å². The molecule has 4 aliphatic rings. The van der Waals surface area contributed by atoms with Crippen LogP contribution in [0.2, 0.25) is 0 Å². The zero-order valence-electron chi connectivity index (χ0n) is 22.1. The molecule has 0 amide bonds. The number of carbonyl (C=O) groups is 1. The number of ether oxygens (including phenoxy) is 1. The van der Waals surface area contributed by atoms with E-state index in [1.165, 1.54) is 64.2 Å². The van der Waals surface area contributed by atoms with Gasteiger partial charge in [-0.1, -0.05) is 60.8 Å². The average molecular weight is 445 g/mol. The summed E-state index contributed by atoms with van der Waals surface area (Å²) in [6.45, 7) is 14.6. The summed E-state index contributed by atoms with van der Waals surface area (Å²) in [6, 6.07) is 0. The first-order valence-electron chi connectivity index (χ1n) is 14.4. The van der Waals surface area contributed by atoms with Gasteiger partial charge in [-0.3, -0.25) is 4.79 Å². The van der Waals surface area contributed by atoms with Crippen molar-refractivity contribution in [3.05, 3.63) is 0 Å². The smallest absolute Gasteiger partial charge is 0.305 e. The fourth-order valence-electron chi connectivity index (χ4n) is 9.62. The van der Waals surface area contributed by atoms with Crippen LogP contribution in [0.3, 0.4) is 0 Å². The molecule has 0 aromatic rings. The van der Waals surface area contributed by atoms with E-state index in [1.54, 1.807) is 0 Å². The molecule has 32 heavy (non-hydrogen) atoms. The molecule has 0 heterocycles. The Morgan fingerprint density at radius 1 is 0.906 bits per heavy atom. The molecule has 9 atom stereocenters. The Bertz CT molecular complexity index is 655. The number of hydrogen-bond acceptors (Lipinski definition) is 2. The summed E-state index contributed by atoms with van der Waals surface area (Å²) in [5.74, 6) is 6.30. The predicted molar refractivity (Wildman–Crippen MR) is 133 cm³/mol. The minimum atomic E-state index is 0.000216. The molecule has 4 fully saturated rings. The zero-order valence-corrected chi connectivity index (χ0v) is 22.1. The summed E-state index contributed by atoms with van der Waals surface area (Å²) >= 11 is 0. The highest BCUT2D eigenvalue weighted by Gasteiger charge is 2.60. The van der Waals surface area contributed by atoms with Gasteiger partial charge in [0.2, 0.25) is 0 Å². The lowest BCUT2D eigenvalue weighted by Crippen LogP contribution is -2.54. The van der Waals surface area contributed by atoms with Gasteiger partial charge in [0, 0.05) is 6.42 Å². The molecule has 0 radical (unpaired) electrons. The Hall–Kier alpha value is -0.530. The van der Waals surface area contributed by atoms with Crippen molar-refractivity contribution >= 4 is 5.97 Å². The van der Waals surface area contributed by atoms with Crippen LogP contribution < -0.4 is 0 Å². The quantitative estimate of drug-likeness (QED) is 0.368. The van der Waals surface area contributed by atoms with Crippen LogP contribution in [0, 0.1) is 52.3 Å². The second-order valence-corrected chi connectivity index (χ2v) is 13.4. The highest BCUT2D eigenvalue weighted by molar-refractivity contribution is 5.69. The van der Waals surface area contributed by atoms with Gasteiger partial charge in [0.25, 0.3) is 0 Å². The molecule has 0 aromatic heterocycles. The van der Waals surface area contributed by atoms with E-state index in [2.05, 4.69) is 34.6 Å². The average Bonchev–Trinajstić information content (AvgIpc) is 3.11. The third-order valence-electron chi connectivity index (χ3n) is 11.4. The standard InChI is InChI=1S/C30H52O2/c1-7-28(31)32-23-15-17-29(5)22(19-23)11-12-24-26-14-13-25(21(4)10-8-9-20(2)3)30(26,6)18-16-27(24)29/h20-27H,7-19H2,1-6H3/t21-,22?,23+,24+,25-,26+,27+,29+,30-/m1/s1. The van der Waals surface area contributed by atoms with E-state index in [9.17, 15) is 4.79 Å². The Balaban J connectivity index is 1.42. The lowest BCUT2D eigenvalue weighted by molar-refractivity contribution is -0.162. The highest BCUT2D eigenvalue weighted by atomic mass is 16.5. The molecule has 4 aliphatic carbocycles. The third-order valence-corrected chi connectivity index (χ3v) is 11.4. The van der Waals surface area contributed by atoms with E-state index >= 15 is 0 Å². The molecule has 0 bridgehead atoms.